The highest BCUT2D eigenvalue weighted by Crippen LogP contribution is 2.32. The number of amides is 1. The lowest BCUT2D eigenvalue weighted by molar-refractivity contribution is -0.115. The van der Waals surface area contributed by atoms with Gasteiger partial charge in [0.05, 0.1) is 22.0 Å². The molecule has 1 N–H and O–H groups in total. The molecule has 1 aliphatic rings. The zero-order valence-electron chi connectivity index (χ0n) is 17.7. The minimum atomic E-state index is -0.167. The van der Waals surface area contributed by atoms with Crippen molar-refractivity contribution < 1.29 is 4.79 Å². The highest BCUT2D eigenvalue weighted by Gasteiger charge is 2.25. The van der Waals surface area contributed by atoms with E-state index in [9.17, 15) is 4.79 Å². The number of para-hydroxylation sites is 1. The van der Waals surface area contributed by atoms with E-state index in [1.165, 1.54) is 17.3 Å². The van der Waals surface area contributed by atoms with Gasteiger partial charge in [-0.1, -0.05) is 64.0 Å². The summed E-state index contributed by atoms with van der Waals surface area (Å²) in [6, 6.07) is 25.8. The number of carbonyl (C=O) groups excluding carboxylic acids is 1. The number of nitrogens with zero attached hydrogens (tertiary/aromatic N) is 3. The molecular formula is C26H19BrN4OS. The fourth-order valence-electron chi connectivity index (χ4n) is 3.40. The zero-order chi connectivity index (χ0) is 22.8. The number of nitrogens with one attached hydrogen (secondary N) is 1. The molecule has 2 heterocycles. The molecular weight excluding hydrogens is 496 g/mol. The third-order valence-electron chi connectivity index (χ3n) is 5.08. The van der Waals surface area contributed by atoms with E-state index in [2.05, 4.69) is 26.2 Å². The van der Waals surface area contributed by atoms with Crippen molar-refractivity contribution in [2.24, 2.45) is 4.99 Å². The number of amidine groups is 1. The predicted molar refractivity (Wildman–Crippen MR) is 139 cm³/mol. The summed E-state index contributed by atoms with van der Waals surface area (Å²) in [5, 5.41) is 8.26. The van der Waals surface area contributed by atoms with Crippen molar-refractivity contribution in [3.05, 3.63) is 106 Å². The second-order valence-electron chi connectivity index (χ2n) is 7.54. The number of aromatic nitrogens is 2. The van der Waals surface area contributed by atoms with Crippen molar-refractivity contribution in [3.8, 4) is 16.9 Å². The average molecular weight is 515 g/mol. The maximum atomic E-state index is 12.7. The molecule has 7 heteroatoms. The Bertz CT molecular complexity index is 1370. The van der Waals surface area contributed by atoms with Gasteiger partial charge in [-0.15, -0.1) is 0 Å². The van der Waals surface area contributed by atoms with Crippen molar-refractivity contribution in [1.29, 1.82) is 0 Å². The zero-order valence-corrected chi connectivity index (χ0v) is 20.1. The molecule has 0 unspecified atom stereocenters. The van der Waals surface area contributed by atoms with Crippen molar-refractivity contribution in [2.75, 3.05) is 0 Å². The molecule has 4 aromatic rings. The van der Waals surface area contributed by atoms with Gasteiger partial charge in [0.2, 0.25) is 0 Å². The van der Waals surface area contributed by atoms with Gasteiger partial charge in [0.15, 0.2) is 5.17 Å². The van der Waals surface area contributed by atoms with E-state index in [0.717, 1.165) is 32.7 Å². The van der Waals surface area contributed by atoms with Gasteiger partial charge in [-0.05, 0) is 61.2 Å². The molecule has 5 rings (SSSR count). The van der Waals surface area contributed by atoms with Crippen LogP contribution in [0.3, 0.4) is 0 Å². The molecule has 0 atom stereocenters. The number of hydrogen-bond donors (Lipinski definition) is 1. The van der Waals surface area contributed by atoms with Gasteiger partial charge in [-0.3, -0.25) is 4.79 Å². The predicted octanol–water partition coefficient (Wildman–Crippen LogP) is 6.50. The Morgan fingerprint density at radius 2 is 1.73 bits per heavy atom. The van der Waals surface area contributed by atoms with Gasteiger partial charge in [0, 0.05) is 21.8 Å². The van der Waals surface area contributed by atoms with Crippen LogP contribution in [-0.4, -0.2) is 20.9 Å². The van der Waals surface area contributed by atoms with E-state index in [1.54, 1.807) is 0 Å². The van der Waals surface area contributed by atoms with E-state index < -0.39 is 0 Å². The van der Waals surface area contributed by atoms with Crippen LogP contribution in [0, 0.1) is 6.92 Å². The highest BCUT2D eigenvalue weighted by molar-refractivity contribution is 9.10. The fraction of sp³-hybridized carbons (Fsp3) is 0.0385. The van der Waals surface area contributed by atoms with Gasteiger partial charge in [0.1, 0.15) is 0 Å². The van der Waals surface area contributed by atoms with Gasteiger partial charge in [-0.2, -0.15) is 5.10 Å². The maximum Gasteiger partial charge on any atom is 0.264 e. The molecule has 3 aromatic carbocycles. The molecule has 5 nitrogen and oxygen atoms in total. The number of benzene rings is 3. The summed E-state index contributed by atoms with van der Waals surface area (Å²) in [5.74, 6) is -0.167. The van der Waals surface area contributed by atoms with Crippen LogP contribution in [0.1, 0.15) is 11.1 Å². The van der Waals surface area contributed by atoms with Gasteiger partial charge >= 0.3 is 0 Å². The maximum absolute atomic E-state index is 12.7. The Labute approximate surface area is 204 Å². The molecule has 1 saturated heterocycles. The van der Waals surface area contributed by atoms with Crippen LogP contribution in [0.25, 0.3) is 23.0 Å². The molecule has 1 amide bonds. The SMILES string of the molecule is Cc1ccc(N=C2NC(=O)/C(=C/c3cn(-c4ccccc4)nc3-c3ccc(Br)cc3)S2)cc1. The van der Waals surface area contributed by atoms with Gasteiger partial charge < -0.3 is 5.32 Å². The monoisotopic (exact) mass is 514 g/mol. The van der Waals surface area contributed by atoms with Crippen LogP contribution in [-0.2, 0) is 4.79 Å². The second-order valence-corrected chi connectivity index (χ2v) is 9.48. The number of aryl methyl sites for hydroxylation is 1. The lowest BCUT2D eigenvalue weighted by Gasteiger charge is -2.01. The number of rotatable bonds is 4. The van der Waals surface area contributed by atoms with Crippen molar-refractivity contribution in [2.45, 2.75) is 6.92 Å². The first-order chi connectivity index (χ1) is 16.0. The van der Waals surface area contributed by atoms with E-state index in [1.807, 2.05) is 103 Å². The standard InChI is InChI=1S/C26H19BrN4OS/c1-17-7-13-21(14-8-17)28-26-29-25(32)23(33-26)15-19-16-31(22-5-3-2-4-6-22)30-24(19)18-9-11-20(27)12-10-18/h2-16H,1H3,(H,28,29,32)/b23-15-. The van der Waals surface area contributed by atoms with E-state index in [-0.39, 0.29) is 5.91 Å². The normalized spacial score (nSPS) is 15.9. The summed E-state index contributed by atoms with van der Waals surface area (Å²) in [7, 11) is 0. The quantitative estimate of drug-likeness (QED) is 0.316. The third-order valence-corrected chi connectivity index (χ3v) is 6.52. The Morgan fingerprint density at radius 1 is 1.00 bits per heavy atom. The molecule has 0 saturated carbocycles. The van der Waals surface area contributed by atoms with E-state index in [0.29, 0.717) is 10.1 Å². The van der Waals surface area contributed by atoms with Gasteiger partial charge in [0.25, 0.3) is 5.91 Å². The first-order valence-corrected chi connectivity index (χ1v) is 11.9. The number of hydrogen-bond acceptors (Lipinski definition) is 4. The lowest BCUT2D eigenvalue weighted by atomic mass is 10.1. The second kappa shape index (κ2) is 9.21. The van der Waals surface area contributed by atoms with Gasteiger partial charge in [-0.25, -0.2) is 9.67 Å². The molecule has 0 radical (unpaired) electrons. The Hall–Kier alpha value is -3.42. The molecule has 0 bridgehead atoms. The smallest absolute Gasteiger partial charge is 0.264 e. The topological polar surface area (TPSA) is 59.3 Å². The molecule has 33 heavy (non-hydrogen) atoms. The van der Waals surface area contributed by atoms with Crippen molar-refractivity contribution in [1.82, 2.24) is 15.1 Å². The van der Waals surface area contributed by atoms with Crippen LogP contribution in [0.2, 0.25) is 0 Å². The van der Waals surface area contributed by atoms with Crippen LogP contribution >= 0.6 is 27.7 Å². The third kappa shape index (κ3) is 4.84. The Morgan fingerprint density at radius 3 is 2.45 bits per heavy atom. The molecule has 162 valence electrons. The molecule has 0 aliphatic carbocycles. The number of carbonyl (C=O) groups is 1. The van der Waals surface area contributed by atoms with Crippen molar-refractivity contribution in [3.63, 3.8) is 0 Å². The van der Waals surface area contributed by atoms with Crippen LogP contribution < -0.4 is 5.32 Å². The number of thioether (sulfide) groups is 1. The summed E-state index contributed by atoms with van der Waals surface area (Å²) in [5.41, 5.74) is 5.55. The molecule has 0 spiro atoms. The van der Waals surface area contributed by atoms with Crippen molar-refractivity contribution >= 4 is 50.5 Å². The largest absolute Gasteiger partial charge is 0.300 e. The van der Waals surface area contributed by atoms with E-state index in [4.69, 9.17) is 5.10 Å². The Balaban J connectivity index is 1.52. The Kier molecular flexibility index (Phi) is 5.98. The van der Waals surface area contributed by atoms with E-state index >= 15 is 0 Å². The minimum absolute atomic E-state index is 0.167. The first-order valence-electron chi connectivity index (χ1n) is 10.3. The number of aliphatic imine (C=N–C) groups is 1. The minimum Gasteiger partial charge on any atom is -0.300 e. The van der Waals surface area contributed by atoms with Crippen LogP contribution in [0.15, 0.2) is 99.4 Å². The average Bonchev–Trinajstić information content (AvgIpc) is 3.40. The first kappa shape index (κ1) is 21.4. The lowest BCUT2D eigenvalue weighted by Crippen LogP contribution is -2.19. The van der Waals surface area contributed by atoms with Crippen LogP contribution in [0.4, 0.5) is 5.69 Å². The van der Waals surface area contributed by atoms with Crippen LogP contribution in [0.5, 0.6) is 0 Å². The molecule has 1 fully saturated rings. The highest BCUT2D eigenvalue weighted by atomic mass is 79.9. The summed E-state index contributed by atoms with van der Waals surface area (Å²) < 4.78 is 2.83. The summed E-state index contributed by atoms with van der Waals surface area (Å²) >= 11 is 4.82. The summed E-state index contributed by atoms with van der Waals surface area (Å²) in [4.78, 5) is 17.8. The fourth-order valence-corrected chi connectivity index (χ4v) is 4.49. The molecule has 1 aliphatic heterocycles. The summed E-state index contributed by atoms with van der Waals surface area (Å²) in [6.45, 7) is 2.03. The number of halogens is 1. The summed E-state index contributed by atoms with van der Waals surface area (Å²) in [6.07, 6.45) is 3.82. The molecule has 1 aromatic heterocycles.